The Balaban J connectivity index is 2.32. The SMILES string of the molecule is CCOC(=O)C(C)N1CCC(CCN)CC1. The largest absolute Gasteiger partial charge is 0.465 e. The summed E-state index contributed by atoms with van der Waals surface area (Å²) in [4.78, 5) is 13.8. The lowest BCUT2D eigenvalue weighted by Gasteiger charge is -2.34. The van der Waals surface area contributed by atoms with Gasteiger partial charge in [-0.15, -0.1) is 0 Å². The van der Waals surface area contributed by atoms with E-state index in [2.05, 4.69) is 4.90 Å². The Hall–Kier alpha value is -0.610. The van der Waals surface area contributed by atoms with Gasteiger partial charge in [-0.25, -0.2) is 0 Å². The number of hydrogen-bond donors (Lipinski definition) is 1. The van der Waals surface area contributed by atoms with Crippen molar-refractivity contribution in [1.29, 1.82) is 0 Å². The highest BCUT2D eigenvalue weighted by Gasteiger charge is 2.26. The van der Waals surface area contributed by atoms with E-state index in [4.69, 9.17) is 10.5 Å². The number of nitrogens with two attached hydrogens (primary N) is 1. The van der Waals surface area contributed by atoms with Gasteiger partial charge in [0.1, 0.15) is 6.04 Å². The van der Waals surface area contributed by atoms with Crippen LogP contribution in [0.3, 0.4) is 0 Å². The molecule has 1 saturated heterocycles. The van der Waals surface area contributed by atoms with Crippen molar-refractivity contribution >= 4 is 5.97 Å². The van der Waals surface area contributed by atoms with Crippen LogP contribution >= 0.6 is 0 Å². The summed E-state index contributed by atoms with van der Waals surface area (Å²) in [6.45, 7) is 7.00. The Morgan fingerprint density at radius 1 is 1.50 bits per heavy atom. The Morgan fingerprint density at radius 3 is 2.62 bits per heavy atom. The quantitative estimate of drug-likeness (QED) is 0.713. The molecule has 0 aromatic heterocycles. The molecule has 0 spiro atoms. The van der Waals surface area contributed by atoms with Crippen LogP contribution < -0.4 is 5.73 Å². The average molecular weight is 228 g/mol. The number of hydrogen-bond acceptors (Lipinski definition) is 4. The molecule has 0 saturated carbocycles. The van der Waals surface area contributed by atoms with Gasteiger partial charge in [0, 0.05) is 0 Å². The van der Waals surface area contributed by atoms with Gasteiger partial charge >= 0.3 is 5.97 Å². The first-order valence-corrected chi connectivity index (χ1v) is 6.29. The van der Waals surface area contributed by atoms with Gasteiger partial charge in [0.15, 0.2) is 0 Å². The Morgan fingerprint density at radius 2 is 2.12 bits per heavy atom. The van der Waals surface area contributed by atoms with Crippen molar-refractivity contribution in [2.24, 2.45) is 11.7 Å². The molecule has 1 rings (SSSR count). The molecule has 1 aliphatic heterocycles. The zero-order chi connectivity index (χ0) is 12.0. The molecule has 1 atom stereocenters. The fraction of sp³-hybridized carbons (Fsp3) is 0.917. The van der Waals surface area contributed by atoms with E-state index >= 15 is 0 Å². The van der Waals surface area contributed by atoms with Gasteiger partial charge in [-0.2, -0.15) is 0 Å². The summed E-state index contributed by atoms with van der Waals surface area (Å²) >= 11 is 0. The molecule has 4 nitrogen and oxygen atoms in total. The van der Waals surface area contributed by atoms with E-state index in [1.807, 2.05) is 13.8 Å². The number of ether oxygens (including phenoxy) is 1. The van der Waals surface area contributed by atoms with Gasteiger partial charge in [0.25, 0.3) is 0 Å². The first-order valence-electron chi connectivity index (χ1n) is 6.29. The molecule has 0 aromatic rings. The molecule has 1 fully saturated rings. The molecule has 0 aliphatic carbocycles. The molecule has 0 aromatic carbocycles. The highest BCUT2D eigenvalue weighted by molar-refractivity contribution is 5.75. The predicted molar refractivity (Wildman–Crippen MR) is 64.1 cm³/mol. The van der Waals surface area contributed by atoms with Crippen LogP contribution in [0.4, 0.5) is 0 Å². The van der Waals surface area contributed by atoms with Gasteiger partial charge in [-0.1, -0.05) is 0 Å². The summed E-state index contributed by atoms with van der Waals surface area (Å²) in [5.74, 6) is 0.649. The normalized spacial score (nSPS) is 20.7. The van der Waals surface area contributed by atoms with E-state index in [0.717, 1.165) is 44.8 Å². The molecule has 1 unspecified atom stereocenters. The maximum Gasteiger partial charge on any atom is 0.323 e. The lowest BCUT2D eigenvalue weighted by molar-refractivity contribution is -0.149. The van der Waals surface area contributed by atoms with E-state index in [9.17, 15) is 4.79 Å². The summed E-state index contributed by atoms with van der Waals surface area (Å²) < 4.78 is 5.03. The third-order valence-electron chi connectivity index (χ3n) is 3.40. The third-order valence-corrected chi connectivity index (χ3v) is 3.40. The number of nitrogens with zero attached hydrogens (tertiary/aromatic N) is 1. The molecular formula is C12H24N2O2. The number of likely N-dealkylation sites (tertiary alicyclic amines) is 1. The van der Waals surface area contributed by atoms with Crippen LogP contribution in [0.25, 0.3) is 0 Å². The van der Waals surface area contributed by atoms with E-state index in [1.54, 1.807) is 0 Å². The van der Waals surface area contributed by atoms with Crippen LogP contribution in [-0.2, 0) is 9.53 Å². The van der Waals surface area contributed by atoms with Gasteiger partial charge < -0.3 is 10.5 Å². The maximum atomic E-state index is 11.6. The van der Waals surface area contributed by atoms with E-state index in [0.29, 0.717) is 6.61 Å². The van der Waals surface area contributed by atoms with Gasteiger partial charge in [0.2, 0.25) is 0 Å². The van der Waals surface area contributed by atoms with Crippen molar-refractivity contribution in [2.75, 3.05) is 26.2 Å². The van der Waals surface area contributed by atoms with Crippen LogP contribution in [0.2, 0.25) is 0 Å². The number of carbonyl (C=O) groups excluding carboxylic acids is 1. The molecule has 1 heterocycles. The van der Waals surface area contributed by atoms with E-state index in [-0.39, 0.29) is 12.0 Å². The Kier molecular flexibility index (Phi) is 5.77. The minimum absolute atomic E-state index is 0.0974. The summed E-state index contributed by atoms with van der Waals surface area (Å²) in [6, 6.07) is -0.0984. The van der Waals surface area contributed by atoms with Gasteiger partial charge in [-0.05, 0) is 58.7 Å². The number of rotatable bonds is 5. The van der Waals surface area contributed by atoms with Crippen LogP contribution in [0.15, 0.2) is 0 Å². The monoisotopic (exact) mass is 228 g/mol. The van der Waals surface area contributed by atoms with Crippen LogP contribution in [-0.4, -0.2) is 43.2 Å². The van der Waals surface area contributed by atoms with Crippen molar-refractivity contribution in [3.63, 3.8) is 0 Å². The molecular weight excluding hydrogens is 204 g/mol. The molecule has 16 heavy (non-hydrogen) atoms. The number of esters is 1. The second kappa shape index (κ2) is 6.86. The smallest absolute Gasteiger partial charge is 0.323 e. The first kappa shape index (κ1) is 13.5. The highest BCUT2D eigenvalue weighted by Crippen LogP contribution is 2.21. The summed E-state index contributed by atoms with van der Waals surface area (Å²) in [5, 5.41) is 0. The lowest BCUT2D eigenvalue weighted by atomic mass is 9.93. The summed E-state index contributed by atoms with van der Waals surface area (Å²) in [5.41, 5.74) is 5.55. The summed E-state index contributed by atoms with van der Waals surface area (Å²) in [7, 11) is 0. The Labute approximate surface area is 98.1 Å². The van der Waals surface area contributed by atoms with Crippen LogP contribution in [0.5, 0.6) is 0 Å². The van der Waals surface area contributed by atoms with Gasteiger partial charge in [-0.3, -0.25) is 9.69 Å². The highest BCUT2D eigenvalue weighted by atomic mass is 16.5. The molecule has 0 radical (unpaired) electrons. The van der Waals surface area contributed by atoms with Crippen molar-refractivity contribution in [3.8, 4) is 0 Å². The number of carbonyl (C=O) groups is 1. The predicted octanol–water partition coefficient (Wildman–Crippen LogP) is 0.999. The minimum atomic E-state index is -0.0984. The van der Waals surface area contributed by atoms with Crippen molar-refractivity contribution in [1.82, 2.24) is 4.90 Å². The third kappa shape index (κ3) is 3.76. The van der Waals surface area contributed by atoms with Crippen molar-refractivity contribution < 1.29 is 9.53 Å². The van der Waals surface area contributed by atoms with Crippen molar-refractivity contribution in [3.05, 3.63) is 0 Å². The first-order chi connectivity index (χ1) is 7.69. The van der Waals surface area contributed by atoms with Gasteiger partial charge in [0.05, 0.1) is 6.61 Å². The van der Waals surface area contributed by atoms with E-state index < -0.39 is 0 Å². The minimum Gasteiger partial charge on any atom is -0.465 e. The topological polar surface area (TPSA) is 55.6 Å². The van der Waals surface area contributed by atoms with Crippen LogP contribution in [0.1, 0.15) is 33.1 Å². The molecule has 2 N–H and O–H groups in total. The van der Waals surface area contributed by atoms with Crippen LogP contribution in [0, 0.1) is 5.92 Å². The van der Waals surface area contributed by atoms with Crippen molar-refractivity contribution in [2.45, 2.75) is 39.2 Å². The summed E-state index contributed by atoms with van der Waals surface area (Å²) in [6.07, 6.45) is 3.42. The molecule has 0 amide bonds. The second-order valence-corrected chi connectivity index (χ2v) is 4.48. The fourth-order valence-electron chi connectivity index (χ4n) is 2.28. The molecule has 4 heteroatoms. The molecule has 94 valence electrons. The molecule has 0 bridgehead atoms. The average Bonchev–Trinajstić information content (AvgIpc) is 2.30. The number of piperidine rings is 1. The standard InChI is InChI=1S/C12H24N2O2/c1-3-16-12(15)10(2)14-8-5-11(4-7-13)6-9-14/h10-11H,3-9,13H2,1-2H3. The molecule has 1 aliphatic rings. The van der Waals surface area contributed by atoms with E-state index in [1.165, 1.54) is 0 Å². The maximum absolute atomic E-state index is 11.6. The second-order valence-electron chi connectivity index (χ2n) is 4.48. The lowest BCUT2D eigenvalue weighted by Crippen LogP contribution is -2.44. The zero-order valence-corrected chi connectivity index (χ0v) is 10.4. The Bertz CT molecular complexity index is 213. The fourth-order valence-corrected chi connectivity index (χ4v) is 2.28. The zero-order valence-electron chi connectivity index (χ0n) is 10.4.